The van der Waals surface area contributed by atoms with Crippen molar-refractivity contribution >= 4 is 11.6 Å². The molecule has 2 rings (SSSR count). The Labute approximate surface area is 118 Å². The summed E-state index contributed by atoms with van der Waals surface area (Å²) in [7, 11) is 5.77. The lowest BCUT2D eigenvalue weighted by Crippen LogP contribution is -2.20. The van der Waals surface area contributed by atoms with Gasteiger partial charge >= 0.3 is 0 Å². The predicted molar refractivity (Wildman–Crippen MR) is 76.4 cm³/mol. The fourth-order valence-electron chi connectivity index (χ4n) is 2.34. The monoisotopic (exact) mass is 281 g/mol. The highest BCUT2D eigenvalue weighted by atomic mass is 35.5. The van der Waals surface area contributed by atoms with Crippen molar-refractivity contribution in [2.45, 2.75) is 26.3 Å². The van der Waals surface area contributed by atoms with Crippen LogP contribution >= 0.6 is 11.6 Å². The minimum atomic E-state index is 0.189. The van der Waals surface area contributed by atoms with Crippen molar-refractivity contribution in [3.05, 3.63) is 33.9 Å². The summed E-state index contributed by atoms with van der Waals surface area (Å²) in [5.74, 6) is 0. The van der Waals surface area contributed by atoms with Crippen LogP contribution in [0.4, 0.5) is 0 Å². The Morgan fingerprint density at radius 1 is 1.32 bits per heavy atom. The molecule has 6 heteroatoms. The molecule has 5 nitrogen and oxygen atoms in total. The Balaban J connectivity index is 2.32. The van der Waals surface area contributed by atoms with Gasteiger partial charge in [-0.15, -0.1) is 0 Å². The lowest BCUT2D eigenvalue weighted by Gasteiger charge is -2.16. The highest BCUT2D eigenvalue weighted by Gasteiger charge is 2.20. The van der Waals surface area contributed by atoms with Gasteiger partial charge in [-0.2, -0.15) is 10.2 Å². The van der Waals surface area contributed by atoms with E-state index in [-0.39, 0.29) is 6.04 Å². The maximum absolute atomic E-state index is 6.30. The molecule has 1 unspecified atom stereocenters. The number of nitrogens with zero attached hydrogens (tertiary/aromatic N) is 4. The molecule has 0 bridgehead atoms. The molecule has 1 N–H and O–H groups in total. The lowest BCUT2D eigenvalue weighted by atomic mass is 10.00. The first-order valence-corrected chi connectivity index (χ1v) is 6.67. The third-order valence-electron chi connectivity index (χ3n) is 3.68. The van der Waals surface area contributed by atoms with Gasteiger partial charge < -0.3 is 5.32 Å². The molecule has 0 saturated heterocycles. The average Bonchev–Trinajstić information content (AvgIpc) is 2.81. The van der Waals surface area contributed by atoms with Gasteiger partial charge in [0.1, 0.15) is 5.15 Å². The molecule has 2 aromatic heterocycles. The number of aryl methyl sites for hydroxylation is 3. The second-order valence-corrected chi connectivity index (χ2v) is 5.19. The van der Waals surface area contributed by atoms with Crippen LogP contribution in [0, 0.1) is 13.8 Å². The summed E-state index contributed by atoms with van der Waals surface area (Å²) in [6, 6.07) is 0.189. The van der Waals surface area contributed by atoms with E-state index < -0.39 is 0 Å². The zero-order valence-corrected chi connectivity index (χ0v) is 12.8. The zero-order chi connectivity index (χ0) is 14.2. The number of nitrogens with one attached hydrogen (secondary N) is 1. The number of hydrogen-bond acceptors (Lipinski definition) is 3. The summed E-state index contributed by atoms with van der Waals surface area (Å²) in [5, 5.41) is 12.7. The van der Waals surface area contributed by atoms with Crippen LogP contribution < -0.4 is 5.32 Å². The second kappa shape index (κ2) is 5.35. The van der Waals surface area contributed by atoms with E-state index in [0.29, 0.717) is 5.15 Å². The molecule has 0 aromatic carbocycles. The summed E-state index contributed by atoms with van der Waals surface area (Å²) >= 11 is 6.30. The molecule has 0 amide bonds. The molecule has 0 radical (unpaired) electrons. The van der Waals surface area contributed by atoms with Crippen LogP contribution in [0.15, 0.2) is 6.20 Å². The van der Waals surface area contributed by atoms with Crippen LogP contribution in [0.5, 0.6) is 0 Å². The minimum Gasteiger partial charge on any atom is -0.313 e. The van der Waals surface area contributed by atoms with Crippen molar-refractivity contribution in [1.29, 1.82) is 0 Å². The first-order chi connectivity index (χ1) is 8.95. The van der Waals surface area contributed by atoms with Crippen molar-refractivity contribution in [2.75, 3.05) is 7.05 Å². The van der Waals surface area contributed by atoms with E-state index in [1.807, 2.05) is 38.9 Å². The van der Waals surface area contributed by atoms with Crippen molar-refractivity contribution in [1.82, 2.24) is 24.9 Å². The summed E-state index contributed by atoms with van der Waals surface area (Å²) in [5.41, 5.74) is 4.43. The van der Waals surface area contributed by atoms with E-state index in [1.165, 1.54) is 5.56 Å². The third-order valence-corrected chi connectivity index (χ3v) is 4.15. The highest BCUT2D eigenvalue weighted by molar-refractivity contribution is 6.30. The van der Waals surface area contributed by atoms with Gasteiger partial charge in [0.15, 0.2) is 0 Å². The van der Waals surface area contributed by atoms with Crippen LogP contribution in [0.1, 0.15) is 28.6 Å². The van der Waals surface area contributed by atoms with Crippen LogP contribution in [0.2, 0.25) is 5.15 Å². The topological polar surface area (TPSA) is 47.7 Å². The number of halogens is 1. The SMILES string of the molecule is CNC(Cc1c(C)nn(C)c1Cl)c1cnn(C)c1C. The summed E-state index contributed by atoms with van der Waals surface area (Å²) in [6.07, 6.45) is 2.72. The Bertz CT molecular complexity index is 584. The summed E-state index contributed by atoms with van der Waals surface area (Å²) in [4.78, 5) is 0. The number of likely N-dealkylation sites (N-methyl/N-ethyl adjacent to an activating group) is 1. The van der Waals surface area contributed by atoms with E-state index in [9.17, 15) is 0 Å². The fourth-order valence-corrected chi connectivity index (χ4v) is 2.59. The molecule has 0 spiro atoms. The van der Waals surface area contributed by atoms with Gasteiger partial charge in [-0.3, -0.25) is 9.36 Å². The Morgan fingerprint density at radius 2 is 2.00 bits per heavy atom. The molecule has 0 aliphatic rings. The predicted octanol–water partition coefficient (Wildman–Crippen LogP) is 1.93. The normalized spacial score (nSPS) is 12.9. The second-order valence-electron chi connectivity index (χ2n) is 4.83. The molecular formula is C13H20ClN5. The van der Waals surface area contributed by atoms with E-state index in [1.54, 1.807) is 4.68 Å². The molecule has 1 atom stereocenters. The quantitative estimate of drug-likeness (QED) is 0.931. The molecule has 2 aromatic rings. The average molecular weight is 282 g/mol. The third kappa shape index (κ3) is 2.53. The first-order valence-electron chi connectivity index (χ1n) is 6.29. The van der Waals surface area contributed by atoms with Gasteiger partial charge in [-0.1, -0.05) is 11.6 Å². The Hall–Kier alpha value is -1.33. The standard InChI is InChI=1S/C13H20ClN5/c1-8-10(13(14)19(5)17-8)6-12(15-3)11-7-16-18(4)9(11)2/h7,12,15H,6H2,1-5H3. The van der Waals surface area contributed by atoms with Crippen LogP contribution in [-0.4, -0.2) is 26.6 Å². The van der Waals surface area contributed by atoms with Crippen LogP contribution in [0.25, 0.3) is 0 Å². The maximum Gasteiger partial charge on any atom is 0.130 e. The molecule has 104 valence electrons. The molecular weight excluding hydrogens is 262 g/mol. The van der Waals surface area contributed by atoms with Gasteiger partial charge in [0, 0.05) is 37.0 Å². The summed E-state index contributed by atoms with van der Waals surface area (Å²) in [6.45, 7) is 4.06. The largest absolute Gasteiger partial charge is 0.313 e. The number of aromatic nitrogens is 4. The van der Waals surface area contributed by atoms with Gasteiger partial charge in [0.05, 0.1) is 11.9 Å². The van der Waals surface area contributed by atoms with E-state index in [0.717, 1.165) is 23.4 Å². The smallest absolute Gasteiger partial charge is 0.130 e. The molecule has 0 saturated carbocycles. The van der Waals surface area contributed by atoms with Crippen molar-refractivity contribution < 1.29 is 0 Å². The summed E-state index contributed by atoms with van der Waals surface area (Å²) < 4.78 is 3.60. The molecule has 19 heavy (non-hydrogen) atoms. The van der Waals surface area contributed by atoms with E-state index in [4.69, 9.17) is 11.6 Å². The zero-order valence-electron chi connectivity index (χ0n) is 12.0. The van der Waals surface area contributed by atoms with Gasteiger partial charge in [-0.05, 0) is 27.3 Å². The van der Waals surface area contributed by atoms with Crippen molar-refractivity contribution in [3.63, 3.8) is 0 Å². The van der Waals surface area contributed by atoms with E-state index in [2.05, 4.69) is 22.4 Å². The van der Waals surface area contributed by atoms with Crippen LogP contribution in [0.3, 0.4) is 0 Å². The van der Waals surface area contributed by atoms with Gasteiger partial charge in [0.2, 0.25) is 0 Å². The van der Waals surface area contributed by atoms with Gasteiger partial charge in [0.25, 0.3) is 0 Å². The van der Waals surface area contributed by atoms with Crippen LogP contribution in [-0.2, 0) is 20.5 Å². The number of rotatable bonds is 4. The van der Waals surface area contributed by atoms with Crippen molar-refractivity contribution in [2.24, 2.45) is 14.1 Å². The number of hydrogen-bond donors (Lipinski definition) is 1. The maximum atomic E-state index is 6.30. The van der Waals surface area contributed by atoms with E-state index >= 15 is 0 Å². The highest BCUT2D eigenvalue weighted by Crippen LogP contribution is 2.26. The molecule has 2 heterocycles. The fraction of sp³-hybridized carbons (Fsp3) is 0.538. The molecule has 0 aliphatic heterocycles. The Kier molecular flexibility index (Phi) is 3.96. The van der Waals surface area contributed by atoms with Gasteiger partial charge in [-0.25, -0.2) is 0 Å². The first kappa shape index (κ1) is 14.1. The Morgan fingerprint density at radius 3 is 2.42 bits per heavy atom. The minimum absolute atomic E-state index is 0.189. The van der Waals surface area contributed by atoms with Crippen molar-refractivity contribution in [3.8, 4) is 0 Å². The molecule has 0 aliphatic carbocycles. The molecule has 0 fully saturated rings. The lowest BCUT2D eigenvalue weighted by molar-refractivity contribution is 0.585.